The Hall–Kier alpha value is -1.90. The van der Waals surface area contributed by atoms with Gasteiger partial charge in [-0.25, -0.2) is 4.98 Å². The first-order chi connectivity index (χ1) is 7.66. The van der Waals surface area contributed by atoms with E-state index in [4.69, 9.17) is 0 Å². The van der Waals surface area contributed by atoms with Crippen LogP contribution in [0.2, 0.25) is 0 Å². The second-order valence-corrected chi connectivity index (χ2v) is 3.95. The van der Waals surface area contributed by atoms with Crippen LogP contribution in [0.5, 0.6) is 0 Å². The first-order valence-electron chi connectivity index (χ1n) is 5.25. The summed E-state index contributed by atoms with van der Waals surface area (Å²) in [6.07, 6.45) is 3.72. The SMILES string of the molecule is Cc1ccc(C)c(C(=O)Cc2ncc[nH]2)c1. The number of nitrogens with one attached hydrogen (secondary N) is 1. The third-order valence-corrected chi connectivity index (χ3v) is 2.58. The number of aromatic amines is 1. The zero-order valence-electron chi connectivity index (χ0n) is 9.45. The average Bonchev–Trinajstić information content (AvgIpc) is 2.74. The number of hydrogen-bond acceptors (Lipinski definition) is 2. The molecule has 0 radical (unpaired) electrons. The molecule has 0 aliphatic rings. The van der Waals surface area contributed by atoms with Gasteiger partial charge in [-0.2, -0.15) is 0 Å². The zero-order chi connectivity index (χ0) is 11.5. The third kappa shape index (κ3) is 2.19. The molecule has 0 atom stereocenters. The Morgan fingerprint density at radius 2 is 2.19 bits per heavy atom. The molecule has 16 heavy (non-hydrogen) atoms. The molecular weight excluding hydrogens is 200 g/mol. The number of carbonyl (C=O) groups excluding carboxylic acids is 1. The van der Waals surface area contributed by atoms with Gasteiger partial charge in [0.2, 0.25) is 0 Å². The Bertz CT molecular complexity index is 501. The van der Waals surface area contributed by atoms with Gasteiger partial charge in [0.25, 0.3) is 0 Å². The van der Waals surface area contributed by atoms with E-state index in [1.807, 2.05) is 32.0 Å². The second-order valence-electron chi connectivity index (χ2n) is 3.95. The molecule has 0 bridgehead atoms. The highest BCUT2D eigenvalue weighted by atomic mass is 16.1. The Balaban J connectivity index is 2.24. The molecule has 3 nitrogen and oxygen atoms in total. The van der Waals surface area contributed by atoms with Crippen LogP contribution in [0.4, 0.5) is 0 Å². The molecule has 2 aromatic rings. The number of benzene rings is 1. The lowest BCUT2D eigenvalue weighted by atomic mass is 10.0. The molecule has 0 spiro atoms. The Labute approximate surface area is 94.5 Å². The predicted molar refractivity (Wildman–Crippen MR) is 62.5 cm³/mol. The Morgan fingerprint density at radius 3 is 2.88 bits per heavy atom. The summed E-state index contributed by atoms with van der Waals surface area (Å²) in [4.78, 5) is 19.0. The van der Waals surface area contributed by atoms with Crippen molar-refractivity contribution >= 4 is 5.78 Å². The van der Waals surface area contributed by atoms with Gasteiger partial charge in [0.1, 0.15) is 5.82 Å². The minimum atomic E-state index is 0.108. The van der Waals surface area contributed by atoms with Crippen molar-refractivity contribution in [3.05, 3.63) is 53.1 Å². The maximum absolute atomic E-state index is 12.0. The summed E-state index contributed by atoms with van der Waals surface area (Å²) in [5.41, 5.74) is 2.91. The number of ketones is 1. The van der Waals surface area contributed by atoms with Gasteiger partial charge < -0.3 is 4.98 Å². The van der Waals surface area contributed by atoms with Crippen molar-refractivity contribution in [2.45, 2.75) is 20.3 Å². The number of aromatic nitrogens is 2. The maximum Gasteiger partial charge on any atom is 0.170 e. The largest absolute Gasteiger partial charge is 0.348 e. The van der Waals surface area contributed by atoms with Crippen molar-refractivity contribution in [2.75, 3.05) is 0 Å². The summed E-state index contributed by atoms with van der Waals surface area (Å²) in [5, 5.41) is 0. The summed E-state index contributed by atoms with van der Waals surface area (Å²) >= 11 is 0. The molecule has 82 valence electrons. The molecule has 0 aliphatic carbocycles. The highest BCUT2D eigenvalue weighted by molar-refractivity contribution is 5.98. The maximum atomic E-state index is 12.0. The summed E-state index contributed by atoms with van der Waals surface area (Å²) in [5.74, 6) is 0.821. The number of hydrogen-bond donors (Lipinski definition) is 1. The standard InChI is InChI=1S/C13H14N2O/c1-9-3-4-10(2)11(7-9)12(16)8-13-14-5-6-15-13/h3-7H,8H2,1-2H3,(H,14,15). The minimum absolute atomic E-state index is 0.108. The van der Waals surface area contributed by atoms with Crippen LogP contribution >= 0.6 is 0 Å². The van der Waals surface area contributed by atoms with Crippen LogP contribution < -0.4 is 0 Å². The summed E-state index contributed by atoms with van der Waals surface area (Å²) in [6, 6.07) is 5.92. The molecule has 1 heterocycles. The molecule has 0 saturated heterocycles. The highest BCUT2D eigenvalue weighted by Crippen LogP contribution is 2.12. The molecule has 0 unspecified atom stereocenters. The number of rotatable bonds is 3. The van der Waals surface area contributed by atoms with E-state index in [2.05, 4.69) is 9.97 Å². The zero-order valence-corrected chi connectivity index (χ0v) is 9.45. The fraction of sp³-hybridized carbons (Fsp3) is 0.231. The smallest absolute Gasteiger partial charge is 0.170 e. The van der Waals surface area contributed by atoms with E-state index in [-0.39, 0.29) is 5.78 Å². The van der Waals surface area contributed by atoms with Crippen LogP contribution in [-0.2, 0) is 6.42 Å². The van der Waals surface area contributed by atoms with Crippen molar-refractivity contribution in [3.63, 3.8) is 0 Å². The highest BCUT2D eigenvalue weighted by Gasteiger charge is 2.11. The van der Waals surface area contributed by atoms with Gasteiger partial charge in [0.15, 0.2) is 5.78 Å². The van der Waals surface area contributed by atoms with Crippen molar-refractivity contribution < 1.29 is 4.79 Å². The molecule has 2 rings (SSSR count). The summed E-state index contributed by atoms with van der Waals surface area (Å²) in [6.45, 7) is 3.94. The first-order valence-corrected chi connectivity index (χ1v) is 5.25. The van der Waals surface area contributed by atoms with Gasteiger partial charge in [-0.3, -0.25) is 4.79 Å². The van der Waals surface area contributed by atoms with Crippen molar-refractivity contribution in [2.24, 2.45) is 0 Å². The fourth-order valence-corrected chi connectivity index (χ4v) is 1.68. The lowest BCUT2D eigenvalue weighted by Crippen LogP contribution is -2.07. The van der Waals surface area contributed by atoms with Crippen molar-refractivity contribution in [1.29, 1.82) is 0 Å². The van der Waals surface area contributed by atoms with Crippen LogP contribution in [0.25, 0.3) is 0 Å². The van der Waals surface area contributed by atoms with E-state index in [0.717, 1.165) is 16.7 Å². The quantitative estimate of drug-likeness (QED) is 0.798. The van der Waals surface area contributed by atoms with Crippen LogP contribution in [0.15, 0.2) is 30.6 Å². The molecule has 3 heteroatoms. The molecule has 0 saturated carbocycles. The Morgan fingerprint density at radius 1 is 1.38 bits per heavy atom. The molecule has 1 N–H and O–H groups in total. The first kappa shape index (κ1) is 10.6. The summed E-state index contributed by atoms with van der Waals surface area (Å²) < 4.78 is 0. The number of carbonyl (C=O) groups is 1. The monoisotopic (exact) mass is 214 g/mol. The van der Waals surface area contributed by atoms with Crippen molar-refractivity contribution in [1.82, 2.24) is 9.97 Å². The van der Waals surface area contributed by atoms with Crippen LogP contribution in [0.3, 0.4) is 0 Å². The molecule has 0 fully saturated rings. The van der Waals surface area contributed by atoms with Gasteiger partial charge in [0.05, 0.1) is 6.42 Å². The number of nitrogens with zero attached hydrogens (tertiary/aromatic N) is 1. The molecule has 1 aromatic heterocycles. The minimum Gasteiger partial charge on any atom is -0.348 e. The van der Waals surface area contributed by atoms with Gasteiger partial charge in [-0.05, 0) is 25.5 Å². The fourth-order valence-electron chi connectivity index (χ4n) is 1.68. The predicted octanol–water partition coefficient (Wildman–Crippen LogP) is 2.45. The van der Waals surface area contributed by atoms with E-state index in [1.165, 1.54) is 0 Å². The summed E-state index contributed by atoms with van der Waals surface area (Å²) in [7, 11) is 0. The Kier molecular flexibility index (Phi) is 2.86. The van der Waals surface area contributed by atoms with Gasteiger partial charge in [-0.1, -0.05) is 17.7 Å². The van der Waals surface area contributed by atoms with Crippen LogP contribution in [0.1, 0.15) is 27.3 Å². The third-order valence-electron chi connectivity index (χ3n) is 2.58. The van der Waals surface area contributed by atoms with E-state index < -0.39 is 0 Å². The topological polar surface area (TPSA) is 45.8 Å². The molecule has 0 aliphatic heterocycles. The number of aryl methyl sites for hydroxylation is 2. The molecular formula is C13H14N2O. The molecule has 1 aromatic carbocycles. The number of imidazole rings is 1. The average molecular weight is 214 g/mol. The van der Waals surface area contributed by atoms with Gasteiger partial charge in [-0.15, -0.1) is 0 Å². The van der Waals surface area contributed by atoms with Gasteiger partial charge in [0, 0.05) is 18.0 Å². The van der Waals surface area contributed by atoms with E-state index in [9.17, 15) is 4.79 Å². The van der Waals surface area contributed by atoms with E-state index >= 15 is 0 Å². The van der Waals surface area contributed by atoms with E-state index in [0.29, 0.717) is 12.2 Å². The lowest BCUT2D eigenvalue weighted by molar-refractivity contribution is 0.0990. The second kappa shape index (κ2) is 4.31. The van der Waals surface area contributed by atoms with Crippen LogP contribution in [0, 0.1) is 13.8 Å². The van der Waals surface area contributed by atoms with Crippen molar-refractivity contribution in [3.8, 4) is 0 Å². The van der Waals surface area contributed by atoms with Crippen LogP contribution in [-0.4, -0.2) is 15.8 Å². The number of H-pyrrole nitrogens is 1. The van der Waals surface area contributed by atoms with Gasteiger partial charge >= 0.3 is 0 Å². The number of Topliss-reactive ketones (excluding diaryl/α,β-unsaturated/α-hetero) is 1. The molecule has 0 amide bonds. The normalized spacial score (nSPS) is 10.4. The lowest BCUT2D eigenvalue weighted by Gasteiger charge is -2.04. The van der Waals surface area contributed by atoms with E-state index in [1.54, 1.807) is 12.4 Å².